The summed E-state index contributed by atoms with van der Waals surface area (Å²) in [5.74, 6) is 0.726. The highest BCUT2D eigenvalue weighted by Crippen LogP contribution is 2.22. The van der Waals surface area contributed by atoms with Crippen molar-refractivity contribution in [3.8, 4) is 0 Å². The number of nitrogens with zero attached hydrogens (tertiary/aromatic N) is 3. The Kier molecular flexibility index (Phi) is 4.48. The van der Waals surface area contributed by atoms with E-state index in [9.17, 15) is 4.79 Å². The van der Waals surface area contributed by atoms with Gasteiger partial charge in [-0.1, -0.05) is 15.9 Å². The number of fused-ring (bicyclic) bond motifs is 1. The molecule has 1 saturated heterocycles. The fraction of sp³-hybridized carbons (Fsp3) is 0.438. The van der Waals surface area contributed by atoms with Gasteiger partial charge >= 0.3 is 0 Å². The van der Waals surface area contributed by atoms with E-state index in [1.807, 2.05) is 23.1 Å². The van der Waals surface area contributed by atoms with Crippen LogP contribution in [0.5, 0.6) is 0 Å². The second-order valence-corrected chi connectivity index (χ2v) is 6.29. The molecular weight excluding hydrogens is 330 g/mol. The molecule has 2 aromatic rings. The van der Waals surface area contributed by atoms with Crippen LogP contribution in [0.3, 0.4) is 0 Å². The number of carbonyl (C=O) groups excluding carboxylic acids is 1. The van der Waals surface area contributed by atoms with Crippen molar-refractivity contribution in [3.63, 3.8) is 0 Å². The molecule has 1 aromatic heterocycles. The van der Waals surface area contributed by atoms with E-state index in [1.54, 1.807) is 12.4 Å². The zero-order chi connectivity index (χ0) is 14.7. The summed E-state index contributed by atoms with van der Waals surface area (Å²) < 4.78 is 0. The first-order valence-electron chi connectivity index (χ1n) is 7.34. The summed E-state index contributed by atoms with van der Waals surface area (Å²) in [6, 6.07) is 5.57. The lowest BCUT2D eigenvalue weighted by molar-refractivity contribution is 0.0672. The smallest absolute Gasteiger partial charge is 0.253 e. The van der Waals surface area contributed by atoms with Crippen molar-refractivity contribution in [2.24, 2.45) is 5.92 Å². The molecule has 1 aliphatic heterocycles. The van der Waals surface area contributed by atoms with Crippen LogP contribution in [0.25, 0.3) is 11.0 Å². The van der Waals surface area contributed by atoms with Crippen LogP contribution < -0.4 is 0 Å². The number of benzene rings is 1. The Morgan fingerprint density at radius 1 is 1.29 bits per heavy atom. The van der Waals surface area contributed by atoms with Gasteiger partial charge in [0.1, 0.15) is 0 Å². The topological polar surface area (TPSA) is 46.1 Å². The summed E-state index contributed by atoms with van der Waals surface area (Å²) in [5, 5.41) is 1.01. The van der Waals surface area contributed by atoms with Crippen LogP contribution in [0, 0.1) is 5.92 Å². The Bertz CT molecular complexity index is 644. The molecule has 1 fully saturated rings. The van der Waals surface area contributed by atoms with E-state index in [0.717, 1.165) is 42.3 Å². The van der Waals surface area contributed by atoms with Crippen molar-refractivity contribution in [1.82, 2.24) is 14.9 Å². The lowest BCUT2D eigenvalue weighted by Gasteiger charge is -2.32. The Balaban J connectivity index is 1.79. The van der Waals surface area contributed by atoms with E-state index in [2.05, 4.69) is 25.9 Å². The number of likely N-dealkylation sites (tertiary alicyclic amines) is 1. The molecule has 0 N–H and O–H groups in total. The third-order valence-electron chi connectivity index (χ3n) is 4.04. The SMILES string of the molecule is O=C(c1ccc2nccnc2c1)N1CCCC(CCBr)C1. The molecule has 1 amide bonds. The van der Waals surface area contributed by atoms with Crippen LogP contribution in [-0.2, 0) is 0 Å². The summed E-state index contributed by atoms with van der Waals surface area (Å²) >= 11 is 3.50. The average Bonchev–Trinajstić information content (AvgIpc) is 2.54. The van der Waals surface area contributed by atoms with Crippen LogP contribution in [0.15, 0.2) is 30.6 Å². The fourth-order valence-corrected chi connectivity index (χ4v) is 3.57. The highest BCUT2D eigenvalue weighted by molar-refractivity contribution is 9.09. The van der Waals surface area contributed by atoms with Crippen LogP contribution >= 0.6 is 15.9 Å². The highest BCUT2D eigenvalue weighted by Gasteiger charge is 2.24. The predicted octanol–water partition coefficient (Wildman–Crippen LogP) is 3.27. The number of carbonyl (C=O) groups is 1. The van der Waals surface area contributed by atoms with E-state index in [-0.39, 0.29) is 5.91 Å². The van der Waals surface area contributed by atoms with Crippen molar-refractivity contribution in [3.05, 3.63) is 36.2 Å². The van der Waals surface area contributed by atoms with Gasteiger partial charge < -0.3 is 4.90 Å². The van der Waals surface area contributed by atoms with Crippen LogP contribution in [-0.4, -0.2) is 39.2 Å². The Morgan fingerprint density at radius 3 is 2.90 bits per heavy atom. The number of hydrogen-bond acceptors (Lipinski definition) is 3. The molecule has 0 saturated carbocycles. The number of aromatic nitrogens is 2. The fourth-order valence-electron chi connectivity index (χ4n) is 2.92. The number of halogens is 1. The summed E-state index contributed by atoms with van der Waals surface area (Å²) in [5.41, 5.74) is 2.31. The van der Waals surface area contributed by atoms with Crippen LogP contribution in [0.1, 0.15) is 29.6 Å². The third-order valence-corrected chi connectivity index (χ3v) is 4.50. The molecule has 1 atom stereocenters. The molecule has 1 unspecified atom stereocenters. The van der Waals surface area contributed by atoms with Gasteiger partial charge in [-0.05, 0) is 43.4 Å². The first kappa shape index (κ1) is 14.4. The summed E-state index contributed by atoms with van der Waals surface area (Å²) in [7, 11) is 0. The second-order valence-electron chi connectivity index (χ2n) is 5.50. The van der Waals surface area contributed by atoms with E-state index < -0.39 is 0 Å². The minimum Gasteiger partial charge on any atom is -0.338 e. The monoisotopic (exact) mass is 347 g/mol. The maximum atomic E-state index is 12.7. The largest absolute Gasteiger partial charge is 0.338 e. The second kappa shape index (κ2) is 6.52. The summed E-state index contributed by atoms with van der Waals surface area (Å²) in [6.45, 7) is 1.72. The lowest BCUT2D eigenvalue weighted by Crippen LogP contribution is -2.40. The number of amides is 1. The molecular formula is C16H18BrN3O. The van der Waals surface area contributed by atoms with Gasteiger partial charge in [0, 0.05) is 36.4 Å². The Labute approximate surface area is 132 Å². The van der Waals surface area contributed by atoms with Gasteiger partial charge in [-0.2, -0.15) is 0 Å². The summed E-state index contributed by atoms with van der Waals surface area (Å²) in [6.07, 6.45) is 6.77. The van der Waals surface area contributed by atoms with Crippen molar-refractivity contribution in [1.29, 1.82) is 0 Å². The first-order valence-corrected chi connectivity index (χ1v) is 8.46. The van der Waals surface area contributed by atoms with Crippen LogP contribution in [0.4, 0.5) is 0 Å². The zero-order valence-corrected chi connectivity index (χ0v) is 13.4. The summed E-state index contributed by atoms with van der Waals surface area (Å²) in [4.78, 5) is 23.2. The molecule has 0 spiro atoms. The molecule has 1 aliphatic rings. The zero-order valence-electron chi connectivity index (χ0n) is 11.8. The maximum absolute atomic E-state index is 12.7. The van der Waals surface area contributed by atoms with Gasteiger partial charge in [0.05, 0.1) is 11.0 Å². The van der Waals surface area contributed by atoms with E-state index in [0.29, 0.717) is 11.5 Å². The van der Waals surface area contributed by atoms with E-state index >= 15 is 0 Å². The minimum atomic E-state index is 0.113. The Hall–Kier alpha value is -1.49. The van der Waals surface area contributed by atoms with Gasteiger partial charge in [0.15, 0.2) is 0 Å². The molecule has 5 heteroatoms. The van der Waals surface area contributed by atoms with Gasteiger partial charge in [-0.15, -0.1) is 0 Å². The molecule has 4 nitrogen and oxygen atoms in total. The van der Waals surface area contributed by atoms with Crippen molar-refractivity contribution < 1.29 is 4.79 Å². The van der Waals surface area contributed by atoms with E-state index in [4.69, 9.17) is 0 Å². The van der Waals surface area contributed by atoms with E-state index in [1.165, 1.54) is 6.42 Å². The minimum absolute atomic E-state index is 0.113. The van der Waals surface area contributed by atoms with Crippen LogP contribution in [0.2, 0.25) is 0 Å². The molecule has 21 heavy (non-hydrogen) atoms. The molecule has 2 heterocycles. The quantitative estimate of drug-likeness (QED) is 0.800. The molecule has 1 aromatic carbocycles. The highest BCUT2D eigenvalue weighted by atomic mass is 79.9. The molecule has 0 bridgehead atoms. The van der Waals surface area contributed by atoms with Gasteiger partial charge in [0.2, 0.25) is 0 Å². The third kappa shape index (κ3) is 3.23. The lowest BCUT2D eigenvalue weighted by atomic mass is 9.95. The number of rotatable bonds is 3. The molecule has 110 valence electrons. The number of hydrogen-bond donors (Lipinski definition) is 0. The van der Waals surface area contributed by atoms with Crippen molar-refractivity contribution in [2.75, 3.05) is 18.4 Å². The predicted molar refractivity (Wildman–Crippen MR) is 86.6 cm³/mol. The van der Waals surface area contributed by atoms with Crippen molar-refractivity contribution >= 4 is 32.9 Å². The molecule has 0 radical (unpaired) electrons. The Morgan fingerprint density at radius 2 is 2.10 bits per heavy atom. The maximum Gasteiger partial charge on any atom is 0.253 e. The molecule has 3 rings (SSSR count). The van der Waals surface area contributed by atoms with Gasteiger partial charge in [0.25, 0.3) is 5.91 Å². The molecule has 0 aliphatic carbocycles. The average molecular weight is 348 g/mol. The van der Waals surface area contributed by atoms with Crippen molar-refractivity contribution in [2.45, 2.75) is 19.3 Å². The first-order chi connectivity index (χ1) is 10.3. The van der Waals surface area contributed by atoms with Gasteiger partial charge in [-0.25, -0.2) is 0 Å². The standard InChI is InChI=1S/C16H18BrN3O/c17-6-5-12-2-1-9-20(11-12)16(21)13-3-4-14-15(10-13)19-8-7-18-14/h3-4,7-8,10,12H,1-2,5-6,9,11H2. The van der Waals surface area contributed by atoms with Gasteiger partial charge in [-0.3, -0.25) is 14.8 Å². The number of piperidine rings is 1. The normalized spacial score (nSPS) is 18.9. The number of alkyl halides is 1.